The van der Waals surface area contributed by atoms with E-state index in [9.17, 15) is 0 Å². The van der Waals surface area contributed by atoms with Gasteiger partial charge in [0, 0.05) is 15.8 Å². The third kappa shape index (κ3) is 2.74. The van der Waals surface area contributed by atoms with E-state index in [4.69, 9.17) is 10.2 Å². The smallest absolute Gasteiger partial charge is 0.270 e. The van der Waals surface area contributed by atoms with E-state index in [0.717, 1.165) is 15.8 Å². The molecule has 5 aromatic rings. The maximum absolute atomic E-state index is 6.04. The number of rotatable bonds is 3. The number of fused-ring (bicyclic) bond motifs is 1. The maximum Gasteiger partial charge on any atom is 0.270 e. The zero-order valence-electron chi connectivity index (χ0n) is 14.0. The van der Waals surface area contributed by atoms with Crippen LogP contribution >= 0.6 is 11.3 Å². The van der Waals surface area contributed by atoms with Crippen LogP contribution in [0.25, 0.3) is 44.4 Å². The second-order valence-corrected chi connectivity index (χ2v) is 6.83. The third-order valence-electron chi connectivity index (χ3n) is 4.20. The summed E-state index contributed by atoms with van der Waals surface area (Å²) in [5, 5.41) is 11.5. The number of anilines is 1. The van der Waals surface area contributed by atoms with Gasteiger partial charge in [-0.3, -0.25) is 0 Å². The van der Waals surface area contributed by atoms with E-state index in [1.807, 2.05) is 42.5 Å². The number of nitrogens with two attached hydrogens (primary N) is 1. The van der Waals surface area contributed by atoms with E-state index in [-0.39, 0.29) is 11.7 Å². The van der Waals surface area contributed by atoms with Crippen LogP contribution in [0.3, 0.4) is 0 Å². The highest BCUT2D eigenvalue weighted by atomic mass is 32.1. The molecule has 0 saturated heterocycles. The number of hydrogen-bond donors (Lipinski definition) is 1. The molecule has 2 N–H and O–H groups in total. The Morgan fingerprint density at radius 3 is 2.63 bits per heavy atom. The van der Waals surface area contributed by atoms with Crippen molar-refractivity contribution in [2.45, 2.75) is 0 Å². The van der Waals surface area contributed by atoms with Crippen molar-refractivity contribution in [2.75, 3.05) is 5.73 Å². The molecule has 130 valence electrons. The fourth-order valence-corrected chi connectivity index (χ4v) is 3.82. The minimum atomic E-state index is 0.249. The molecule has 0 spiro atoms. The predicted octanol–water partition coefficient (Wildman–Crippen LogP) is 4.66. The zero-order chi connectivity index (χ0) is 18.2. The molecule has 3 aromatic heterocycles. The molecule has 0 bridgehead atoms. The van der Waals surface area contributed by atoms with E-state index in [1.54, 1.807) is 17.5 Å². The number of benzene rings is 2. The van der Waals surface area contributed by atoms with Gasteiger partial charge in [0.05, 0.1) is 11.9 Å². The van der Waals surface area contributed by atoms with Gasteiger partial charge in [0.25, 0.3) is 5.89 Å². The Balaban J connectivity index is 1.61. The van der Waals surface area contributed by atoms with Crippen LogP contribution < -0.4 is 5.73 Å². The fourth-order valence-electron chi connectivity index (χ4n) is 2.90. The molecule has 0 aliphatic rings. The minimum absolute atomic E-state index is 0.249. The Bertz CT molecular complexity index is 1250. The van der Waals surface area contributed by atoms with Crippen LogP contribution in [0.2, 0.25) is 0 Å². The van der Waals surface area contributed by atoms with Crippen molar-refractivity contribution >= 4 is 27.2 Å². The Kier molecular flexibility index (Phi) is 3.65. The first-order chi connectivity index (χ1) is 13.3. The van der Waals surface area contributed by atoms with Gasteiger partial charge >= 0.3 is 0 Å². The number of hydrogen-bond acceptors (Lipinski definition) is 7. The summed E-state index contributed by atoms with van der Waals surface area (Å²) >= 11 is 1.67. The lowest BCUT2D eigenvalue weighted by Gasteiger charge is -2.05. The van der Waals surface area contributed by atoms with Crippen LogP contribution in [0.15, 0.2) is 70.6 Å². The van der Waals surface area contributed by atoms with Crippen LogP contribution in [0, 0.1) is 0 Å². The van der Waals surface area contributed by atoms with Crippen LogP contribution in [0.5, 0.6) is 0 Å². The number of thiophene rings is 1. The molecule has 0 saturated carbocycles. The number of nitrogen functional groups attached to an aromatic ring is 1. The van der Waals surface area contributed by atoms with E-state index in [0.29, 0.717) is 17.3 Å². The molecule has 2 aromatic carbocycles. The average molecular weight is 371 g/mol. The van der Waals surface area contributed by atoms with Gasteiger partial charge in [0.2, 0.25) is 5.89 Å². The summed E-state index contributed by atoms with van der Waals surface area (Å²) in [5.41, 5.74) is 8.98. The third-order valence-corrected chi connectivity index (χ3v) is 5.17. The van der Waals surface area contributed by atoms with Crippen LogP contribution in [0.4, 0.5) is 5.82 Å². The molecule has 0 atom stereocenters. The lowest BCUT2D eigenvalue weighted by Crippen LogP contribution is -1.99. The Morgan fingerprint density at radius 2 is 1.74 bits per heavy atom. The molecule has 0 radical (unpaired) electrons. The van der Waals surface area contributed by atoms with Gasteiger partial charge in [-0.05, 0) is 29.0 Å². The van der Waals surface area contributed by atoms with Crippen molar-refractivity contribution in [2.24, 2.45) is 0 Å². The monoisotopic (exact) mass is 371 g/mol. The fraction of sp³-hybridized carbons (Fsp3) is 0. The molecule has 0 unspecified atom stereocenters. The zero-order valence-corrected chi connectivity index (χ0v) is 14.9. The van der Waals surface area contributed by atoms with Crippen molar-refractivity contribution in [3.8, 4) is 34.3 Å². The molecular weight excluding hydrogens is 358 g/mol. The van der Waals surface area contributed by atoms with Gasteiger partial charge in [0.15, 0.2) is 11.5 Å². The normalized spacial score (nSPS) is 11.1. The summed E-state index contributed by atoms with van der Waals surface area (Å²) in [6.45, 7) is 0. The van der Waals surface area contributed by atoms with E-state index in [2.05, 4.69) is 37.7 Å². The predicted molar refractivity (Wildman–Crippen MR) is 106 cm³/mol. The maximum atomic E-state index is 6.04. The first-order valence-corrected chi connectivity index (χ1v) is 9.16. The molecule has 5 rings (SSSR count). The summed E-state index contributed by atoms with van der Waals surface area (Å²) in [7, 11) is 0. The highest BCUT2D eigenvalue weighted by Gasteiger charge is 2.17. The Labute approximate surface area is 158 Å². The minimum Gasteiger partial charge on any atom is -0.414 e. The van der Waals surface area contributed by atoms with Crippen LogP contribution in [-0.2, 0) is 0 Å². The molecule has 0 fully saturated rings. The largest absolute Gasteiger partial charge is 0.414 e. The Morgan fingerprint density at radius 1 is 0.889 bits per heavy atom. The quantitative estimate of drug-likeness (QED) is 0.496. The number of aromatic nitrogens is 4. The summed E-state index contributed by atoms with van der Waals surface area (Å²) in [4.78, 5) is 8.97. The van der Waals surface area contributed by atoms with Gasteiger partial charge in [-0.1, -0.05) is 36.4 Å². The molecule has 0 aliphatic carbocycles. The lowest BCUT2D eigenvalue weighted by atomic mass is 10.1. The topological polar surface area (TPSA) is 90.7 Å². The average Bonchev–Trinajstić information content (AvgIpc) is 3.38. The first-order valence-electron chi connectivity index (χ1n) is 8.28. The van der Waals surface area contributed by atoms with Gasteiger partial charge in [-0.2, -0.15) is 0 Å². The van der Waals surface area contributed by atoms with Crippen LogP contribution in [0.1, 0.15) is 0 Å². The summed E-state index contributed by atoms with van der Waals surface area (Å²) in [5.74, 6) is 0.914. The van der Waals surface area contributed by atoms with Crippen molar-refractivity contribution in [3.05, 3.63) is 66.2 Å². The molecule has 0 aliphatic heterocycles. The summed E-state index contributed by atoms with van der Waals surface area (Å²) < 4.78 is 6.95. The van der Waals surface area contributed by atoms with Crippen molar-refractivity contribution < 1.29 is 4.42 Å². The SMILES string of the molecule is Nc1ncc(-c2cccc3ccsc23)nc1-c1nnc(-c2ccccc2)o1. The molecule has 7 heteroatoms. The van der Waals surface area contributed by atoms with Gasteiger partial charge < -0.3 is 10.2 Å². The molecule has 3 heterocycles. The van der Waals surface area contributed by atoms with Crippen molar-refractivity contribution in [3.63, 3.8) is 0 Å². The number of nitrogens with zero attached hydrogens (tertiary/aromatic N) is 4. The molecule has 27 heavy (non-hydrogen) atoms. The summed E-state index contributed by atoms with van der Waals surface area (Å²) in [6, 6.07) is 17.7. The van der Waals surface area contributed by atoms with E-state index >= 15 is 0 Å². The van der Waals surface area contributed by atoms with Crippen molar-refractivity contribution in [1.82, 2.24) is 20.2 Å². The van der Waals surface area contributed by atoms with E-state index in [1.165, 1.54) is 5.39 Å². The Hall–Kier alpha value is -3.58. The standard InChI is InChI=1S/C20H13N5OS/c21-18-16(20-25-24-19(26-20)13-5-2-1-3-6-13)23-15(11-22-18)14-8-4-7-12-9-10-27-17(12)14/h1-11H,(H2,21,22). The second-order valence-electron chi connectivity index (χ2n) is 5.91. The molecular formula is C20H13N5OS. The van der Waals surface area contributed by atoms with Gasteiger partial charge in [-0.25, -0.2) is 9.97 Å². The van der Waals surface area contributed by atoms with Crippen molar-refractivity contribution in [1.29, 1.82) is 0 Å². The highest BCUT2D eigenvalue weighted by molar-refractivity contribution is 7.17. The highest BCUT2D eigenvalue weighted by Crippen LogP contribution is 2.33. The summed E-state index contributed by atoms with van der Waals surface area (Å²) in [6.07, 6.45) is 1.67. The first kappa shape index (κ1) is 15.7. The van der Waals surface area contributed by atoms with Crippen LogP contribution in [-0.4, -0.2) is 20.2 Å². The second kappa shape index (κ2) is 6.30. The lowest BCUT2D eigenvalue weighted by molar-refractivity contribution is 0.582. The van der Waals surface area contributed by atoms with E-state index < -0.39 is 0 Å². The van der Waals surface area contributed by atoms with Gasteiger partial charge in [0.1, 0.15) is 0 Å². The van der Waals surface area contributed by atoms with Gasteiger partial charge in [-0.15, -0.1) is 21.5 Å². The molecule has 0 amide bonds. The molecule has 6 nitrogen and oxygen atoms in total.